The van der Waals surface area contributed by atoms with Gasteiger partial charge in [-0.3, -0.25) is 0 Å². The molecule has 0 bridgehead atoms. The quantitative estimate of drug-likeness (QED) is 0.368. The molecule has 0 atom stereocenters. The van der Waals surface area contributed by atoms with E-state index in [4.69, 9.17) is 0 Å². The van der Waals surface area contributed by atoms with E-state index in [0.29, 0.717) is 0 Å². The van der Waals surface area contributed by atoms with Crippen molar-refractivity contribution in [2.24, 2.45) is 0 Å². The van der Waals surface area contributed by atoms with Crippen LogP contribution in [-0.4, -0.2) is 6.26 Å². The fraction of sp³-hybridized carbons (Fsp3) is 0.143. The first-order chi connectivity index (χ1) is 3.93. The second-order valence-electron chi connectivity index (χ2n) is 1.44. The van der Waals surface area contributed by atoms with Gasteiger partial charge in [-0.25, -0.2) is 0 Å². The van der Waals surface area contributed by atoms with E-state index < -0.39 is 0 Å². The van der Waals surface area contributed by atoms with E-state index in [0.717, 1.165) is 0 Å². The van der Waals surface area contributed by atoms with Gasteiger partial charge in [-0.15, -0.1) is 4.90 Å². The Bertz CT molecular complexity index is 150. The maximum atomic E-state index is 2.95. The molecule has 0 spiro atoms. The van der Waals surface area contributed by atoms with Crippen LogP contribution in [0.2, 0.25) is 0 Å². The van der Waals surface area contributed by atoms with Crippen LogP contribution >= 0.6 is 11.8 Å². The maximum Gasteiger partial charge on any atom is 1.00 e. The molecule has 9 heavy (non-hydrogen) atoms. The van der Waals surface area contributed by atoms with Gasteiger partial charge in [0.15, 0.2) is 0 Å². The van der Waals surface area contributed by atoms with Gasteiger partial charge < -0.3 is 0 Å². The summed E-state index contributed by atoms with van der Waals surface area (Å²) in [5.41, 5.74) is 0. The van der Waals surface area contributed by atoms with E-state index in [9.17, 15) is 0 Å². The van der Waals surface area contributed by atoms with Gasteiger partial charge in [0.05, 0.1) is 0 Å². The molecule has 0 aromatic heterocycles. The van der Waals surface area contributed by atoms with Crippen molar-refractivity contribution in [1.82, 2.24) is 0 Å². The van der Waals surface area contributed by atoms with Crippen LogP contribution in [0, 0.1) is 6.07 Å². The second kappa shape index (κ2) is 4.92. The van der Waals surface area contributed by atoms with Crippen LogP contribution in [0.4, 0.5) is 0 Å². The second-order valence-corrected chi connectivity index (χ2v) is 2.32. The summed E-state index contributed by atoms with van der Waals surface area (Å²) >= 11 is 1.75. The molecule has 1 rings (SSSR count). The minimum Gasteiger partial charge on any atom is -0.184 e. The maximum absolute atomic E-state index is 2.95. The van der Waals surface area contributed by atoms with Crippen molar-refractivity contribution in [1.29, 1.82) is 0 Å². The van der Waals surface area contributed by atoms with Crippen molar-refractivity contribution >= 4 is 11.8 Å². The Morgan fingerprint density at radius 3 is 2.22 bits per heavy atom. The molecule has 0 aliphatic rings. The Kier molecular flexibility index (Phi) is 4.97. The molecule has 0 nitrogen and oxygen atoms in total. The van der Waals surface area contributed by atoms with E-state index in [1.807, 2.05) is 24.3 Å². The van der Waals surface area contributed by atoms with E-state index >= 15 is 0 Å². The number of rotatable bonds is 1. The summed E-state index contributed by atoms with van der Waals surface area (Å²) in [7, 11) is 0. The molecule has 52 valence electrons. The Morgan fingerprint density at radius 1 is 1.33 bits per heavy atom. The van der Waals surface area contributed by atoms with Crippen LogP contribution in [0.3, 0.4) is 0 Å². The molecule has 0 amide bonds. The Balaban J connectivity index is 0.000000640. The minimum atomic E-state index is 0. The van der Waals surface area contributed by atoms with Crippen LogP contribution in [0.5, 0.6) is 0 Å². The molecule has 0 aliphatic heterocycles. The summed E-state index contributed by atoms with van der Waals surface area (Å²) in [6.45, 7) is 0. The predicted octanol–water partition coefficient (Wildman–Crippen LogP) is 2.21. The zero-order valence-electron chi connectivity index (χ0n) is 5.02. The van der Waals surface area contributed by atoms with Gasteiger partial charge in [0.25, 0.3) is 0 Å². The number of hydrogen-bond acceptors (Lipinski definition) is 1. The molecule has 0 saturated heterocycles. The molecular weight excluding hydrogens is 180 g/mol. The number of thioether (sulfide) groups is 1. The van der Waals surface area contributed by atoms with Crippen LogP contribution < -0.4 is 0 Å². The molecule has 1 aromatic carbocycles. The summed E-state index contributed by atoms with van der Waals surface area (Å²) in [6, 6.07) is 10.9. The Morgan fingerprint density at radius 2 is 1.89 bits per heavy atom. The number of benzene rings is 1. The van der Waals surface area contributed by atoms with Crippen LogP contribution in [0.25, 0.3) is 0 Å². The smallest absolute Gasteiger partial charge is 0.184 e. The largest absolute Gasteiger partial charge is 1.00 e. The third-order valence-corrected chi connectivity index (χ3v) is 1.67. The standard InChI is InChI=1S/C7H7S.Cu/c1-8-7-5-3-2-4-6-7;/h3-6H,1H3;/q-1;+1. The summed E-state index contributed by atoms with van der Waals surface area (Å²) in [5.74, 6) is 0. The van der Waals surface area contributed by atoms with Gasteiger partial charge in [0.2, 0.25) is 0 Å². The van der Waals surface area contributed by atoms with Gasteiger partial charge in [-0.2, -0.15) is 42.1 Å². The Labute approximate surface area is 70.5 Å². The summed E-state index contributed by atoms with van der Waals surface area (Å²) in [4.78, 5) is 1.30. The van der Waals surface area contributed by atoms with Gasteiger partial charge in [0.1, 0.15) is 0 Å². The third kappa shape index (κ3) is 2.95. The fourth-order valence-electron chi connectivity index (χ4n) is 0.508. The minimum absolute atomic E-state index is 0. The van der Waals surface area contributed by atoms with Crippen LogP contribution in [-0.2, 0) is 17.1 Å². The van der Waals surface area contributed by atoms with Gasteiger partial charge in [-0.05, 0) is 6.26 Å². The first kappa shape index (κ1) is 9.09. The summed E-state index contributed by atoms with van der Waals surface area (Å²) < 4.78 is 0. The van der Waals surface area contributed by atoms with Gasteiger partial charge >= 0.3 is 17.1 Å². The summed E-state index contributed by atoms with van der Waals surface area (Å²) in [6.07, 6.45) is 2.06. The average molecular weight is 187 g/mol. The first-order valence-corrected chi connectivity index (χ1v) is 3.66. The normalized spacial score (nSPS) is 8.11. The molecule has 2 heteroatoms. The molecule has 0 saturated carbocycles. The zero-order chi connectivity index (χ0) is 5.82. The monoisotopic (exact) mass is 186 g/mol. The van der Waals surface area contributed by atoms with E-state index in [-0.39, 0.29) is 17.1 Å². The topological polar surface area (TPSA) is 0 Å². The molecule has 0 aliphatic carbocycles. The number of hydrogen-bond donors (Lipinski definition) is 0. The van der Waals surface area contributed by atoms with Crippen molar-refractivity contribution in [3.8, 4) is 0 Å². The zero-order valence-corrected chi connectivity index (χ0v) is 6.78. The van der Waals surface area contributed by atoms with E-state index in [2.05, 4.69) is 12.3 Å². The van der Waals surface area contributed by atoms with Crippen molar-refractivity contribution < 1.29 is 17.1 Å². The Hall–Kier alpha value is 0.0895. The molecule has 1 aromatic rings. The van der Waals surface area contributed by atoms with Crippen molar-refractivity contribution in [3.63, 3.8) is 0 Å². The molecule has 0 unspecified atom stereocenters. The van der Waals surface area contributed by atoms with Crippen molar-refractivity contribution in [2.75, 3.05) is 6.26 Å². The van der Waals surface area contributed by atoms with Crippen molar-refractivity contribution in [3.05, 3.63) is 30.3 Å². The van der Waals surface area contributed by atoms with E-state index in [1.165, 1.54) is 4.90 Å². The van der Waals surface area contributed by atoms with Crippen LogP contribution in [0.15, 0.2) is 29.2 Å². The van der Waals surface area contributed by atoms with Gasteiger partial charge in [0, 0.05) is 0 Å². The SMILES string of the molecule is CSc1cc[c-]cc1.[Cu+]. The molecule has 0 fully saturated rings. The van der Waals surface area contributed by atoms with E-state index in [1.54, 1.807) is 11.8 Å². The molecular formula is C7H7CuS. The third-order valence-electron chi connectivity index (χ3n) is 0.923. The molecule has 0 radical (unpaired) electrons. The fourth-order valence-corrected chi connectivity index (χ4v) is 0.916. The van der Waals surface area contributed by atoms with Crippen molar-refractivity contribution in [2.45, 2.75) is 4.90 Å². The molecule has 0 N–H and O–H groups in total. The summed E-state index contributed by atoms with van der Waals surface area (Å²) in [5, 5.41) is 0. The molecule has 0 heterocycles. The first-order valence-electron chi connectivity index (χ1n) is 2.43. The predicted molar refractivity (Wildman–Crippen MR) is 37.1 cm³/mol. The van der Waals surface area contributed by atoms with Crippen LogP contribution in [0.1, 0.15) is 0 Å². The van der Waals surface area contributed by atoms with Gasteiger partial charge in [-0.1, -0.05) is 0 Å². The average Bonchev–Trinajstić information content (AvgIpc) is 1.90.